The second kappa shape index (κ2) is 6.79. The molecule has 4 nitrogen and oxygen atoms in total. The molecule has 0 saturated carbocycles. The van der Waals surface area contributed by atoms with Gasteiger partial charge in [-0.25, -0.2) is 9.98 Å². The number of aliphatic imine (C=N–C) groups is 1. The van der Waals surface area contributed by atoms with Gasteiger partial charge < -0.3 is 0 Å². The lowest BCUT2D eigenvalue weighted by Crippen LogP contribution is -2.36. The Bertz CT molecular complexity index is 1110. The first-order valence-electron chi connectivity index (χ1n) is 7.63. The highest BCUT2D eigenvalue weighted by Gasteiger charge is 2.37. The molecule has 1 aromatic heterocycles. The molecule has 2 aromatic carbocycles. The molecular weight excluding hydrogens is 528 g/mol. The Morgan fingerprint density at radius 3 is 1.96 bits per heavy atom. The molecule has 0 saturated heterocycles. The van der Waals surface area contributed by atoms with Gasteiger partial charge in [0.2, 0.25) is 5.78 Å². The average molecular weight is 537 g/mol. The zero-order chi connectivity index (χ0) is 18.4. The van der Waals surface area contributed by atoms with Gasteiger partial charge in [-0.3, -0.25) is 9.59 Å². The van der Waals surface area contributed by atoms with Crippen LogP contribution in [0.5, 0.6) is 0 Å². The second-order valence-electron chi connectivity index (χ2n) is 5.68. The Balaban J connectivity index is 2.06. The highest BCUT2D eigenvalue weighted by Crippen LogP contribution is 2.36. The number of rotatable bonds is 1. The van der Waals surface area contributed by atoms with E-state index in [-0.39, 0.29) is 26.2 Å². The lowest BCUT2D eigenvalue weighted by atomic mass is 10.0. The Kier molecular flexibility index (Phi) is 4.62. The molecule has 1 heterocycles. The van der Waals surface area contributed by atoms with Gasteiger partial charge >= 0.3 is 0 Å². The summed E-state index contributed by atoms with van der Waals surface area (Å²) < 4.78 is 0.396. The Labute approximate surface area is 173 Å². The van der Waals surface area contributed by atoms with E-state index in [1.54, 1.807) is 0 Å². The van der Waals surface area contributed by atoms with Crippen LogP contribution in [0.1, 0.15) is 0 Å². The molecule has 26 heavy (non-hydrogen) atoms. The van der Waals surface area contributed by atoms with Gasteiger partial charge in [-0.15, -0.1) is 0 Å². The predicted molar refractivity (Wildman–Crippen MR) is 114 cm³/mol. The fraction of sp³-hybridized carbons (Fsp3) is 0.0526. The molecule has 0 radical (unpaired) electrons. The first-order valence-corrected chi connectivity index (χ1v) is 10.1. The lowest BCUT2D eigenvalue weighted by molar-refractivity contribution is -0.115. The SMILES string of the molecule is O=C1C(=Nc2c3ccccc3nc3ccccc23)C(Br)C(=O)C(Br)=C1Br. The summed E-state index contributed by atoms with van der Waals surface area (Å²) in [5.74, 6) is -0.582. The number of para-hydroxylation sites is 2. The number of ketones is 2. The molecule has 128 valence electrons. The number of aromatic nitrogens is 1. The van der Waals surface area contributed by atoms with E-state index in [1.807, 2.05) is 48.5 Å². The quantitative estimate of drug-likeness (QED) is 0.310. The van der Waals surface area contributed by atoms with Gasteiger partial charge in [0.05, 0.1) is 25.7 Å². The van der Waals surface area contributed by atoms with Crippen molar-refractivity contribution in [3.63, 3.8) is 0 Å². The number of benzene rings is 2. The van der Waals surface area contributed by atoms with E-state index in [9.17, 15) is 9.59 Å². The summed E-state index contributed by atoms with van der Waals surface area (Å²) in [6, 6.07) is 15.2. The van der Waals surface area contributed by atoms with Crippen LogP contribution in [0.3, 0.4) is 0 Å². The van der Waals surface area contributed by atoms with E-state index in [4.69, 9.17) is 0 Å². The summed E-state index contributed by atoms with van der Waals surface area (Å²) in [6.07, 6.45) is 0. The van der Waals surface area contributed by atoms with Crippen LogP contribution < -0.4 is 0 Å². The number of halogens is 3. The third-order valence-corrected chi connectivity index (χ3v) is 7.03. The Morgan fingerprint density at radius 2 is 1.38 bits per heavy atom. The standard InChI is InChI=1S/C19H9Br3N2O2/c20-13-14(21)19(26)17(15(22)18(13)25)24-16-9-5-1-3-7-11(9)23-12-8-4-2-6-10(12)16/h1-8,15H. The van der Waals surface area contributed by atoms with Gasteiger partial charge in [0.1, 0.15) is 10.5 Å². The van der Waals surface area contributed by atoms with Crippen LogP contribution in [-0.4, -0.2) is 27.1 Å². The first-order chi connectivity index (χ1) is 12.5. The number of hydrogen-bond acceptors (Lipinski definition) is 4. The number of allylic oxidation sites excluding steroid dienone is 2. The van der Waals surface area contributed by atoms with Crippen molar-refractivity contribution in [1.82, 2.24) is 4.98 Å². The molecule has 7 heteroatoms. The van der Waals surface area contributed by atoms with Crippen molar-refractivity contribution in [2.45, 2.75) is 4.83 Å². The highest BCUT2D eigenvalue weighted by molar-refractivity contribution is 9.15. The zero-order valence-corrected chi connectivity index (χ0v) is 17.8. The molecule has 1 aliphatic carbocycles. The minimum Gasteiger partial charge on any atom is -0.292 e. The van der Waals surface area contributed by atoms with E-state index in [0.717, 1.165) is 21.8 Å². The summed E-state index contributed by atoms with van der Waals surface area (Å²) in [5.41, 5.74) is 2.33. The van der Waals surface area contributed by atoms with Crippen molar-refractivity contribution in [3.05, 3.63) is 57.5 Å². The second-order valence-corrected chi connectivity index (χ2v) is 8.18. The van der Waals surface area contributed by atoms with Crippen molar-refractivity contribution >= 4 is 92.6 Å². The lowest BCUT2D eigenvalue weighted by Gasteiger charge is -2.18. The molecule has 0 N–H and O–H groups in total. The Morgan fingerprint density at radius 1 is 0.846 bits per heavy atom. The van der Waals surface area contributed by atoms with Gasteiger partial charge in [-0.05, 0) is 44.0 Å². The third-order valence-electron chi connectivity index (χ3n) is 4.10. The van der Waals surface area contributed by atoms with E-state index in [2.05, 4.69) is 57.8 Å². The first kappa shape index (κ1) is 17.7. The molecule has 3 aromatic rings. The number of alkyl halides is 1. The molecule has 1 aliphatic rings. The van der Waals surface area contributed by atoms with E-state index in [0.29, 0.717) is 5.69 Å². The number of hydrogen-bond donors (Lipinski definition) is 0. The summed E-state index contributed by atoms with van der Waals surface area (Å²) in [4.78, 5) is 33.6. The fourth-order valence-electron chi connectivity index (χ4n) is 2.84. The van der Waals surface area contributed by atoms with Crippen LogP contribution in [0.15, 0.2) is 62.5 Å². The topological polar surface area (TPSA) is 59.4 Å². The van der Waals surface area contributed by atoms with Crippen molar-refractivity contribution in [2.75, 3.05) is 0 Å². The molecule has 1 atom stereocenters. The Hall–Kier alpha value is -1.70. The molecule has 4 rings (SSSR count). The number of fused-ring (bicyclic) bond motifs is 2. The fourth-order valence-corrected chi connectivity index (χ4v) is 4.49. The van der Waals surface area contributed by atoms with Crippen molar-refractivity contribution in [3.8, 4) is 0 Å². The maximum atomic E-state index is 12.7. The van der Waals surface area contributed by atoms with Crippen LogP contribution in [0, 0.1) is 0 Å². The van der Waals surface area contributed by atoms with Crippen LogP contribution >= 0.6 is 47.8 Å². The number of nitrogens with zero attached hydrogens (tertiary/aromatic N) is 2. The van der Waals surface area contributed by atoms with Gasteiger partial charge in [0.25, 0.3) is 0 Å². The molecule has 0 spiro atoms. The highest BCUT2D eigenvalue weighted by atomic mass is 79.9. The van der Waals surface area contributed by atoms with Crippen molar-refractivity contribution in [2.24, 2.45) is 4.99 Å². The molecule has 0 fully saturated rings. The monoisotopic (exact) mass is 534 g/mol. The van der Waals surface area contributed by atoms with Gasteiger partial charge in [-0.2, -0.15) is 0 Å². The molecule has 0 bridgehead atoms. The molecule has 1 unspecified atom stereocenters. The summed E-state index contributed by atoms with van der Waals surface area (Å²) in [5, 5.41) is 1.65. The normalized spacial score (nSPS) is 19.8. The summed E-state index contributed by atoms with van der Waals surface area (Å²) in [6.45, 7) is 0. The maximum absolute atomic E-state index is 12.7. The van der Waals surface area contributed by atoms with E-state index in [1.165, 1.54) is 0 Å². The minimum absolute atomic E-state index is 0.145. The number of Topliss-reactive ketones (excluding diaryl/α,β-unsaturated/α-hetero) is 2. The van der Waals surface area contributed by atoms with E-state index >= 15 is 0 Å². The van der Waals surface area contributed by atoms with Crippen LogP contribution in [0.2, 0.25) is 0 Å². The number of pyridine rings is 1. The minimum atomic E-state index is -0.809. The molecular formula is C19H9Br3N2O2. The number of carbonyl (C=O) groups is 2. The third kappa shape index (κ3) is 2.78. The van der Waals surface area contributed by atoms with Crippen molar-refractivity contribution < 1.29 is 9.59 Å². The number of carbonyl (C=O) groups excluding carboxylic acids is 2. The van der Waals surface area contributed by atoms with Gasteiger partial charge in [0.15, 0.2) is 5.78 Å². The largest absolute Gasteiger partial charge is 0.292 e. The molecule has 0 amide bonds. The van der Waals surface area contributed by atoms with Gasteiger partial charge in [-0.1, -0.05) is 52.3 Å². The zero-order valence-electron chi connectivity index (χ0n) is 13.0. The van der Waals surface area contributed by atoms with Crippen LogP contribution in [0.25, 0.3) is 21.8 Å². The summed E-state index contributed by atoms with van der Waals surface area (Å²) >= 11 is 9.66. The van der Waals surface area contributed by atoms with Crippen LogP contribution in [-0.2, 0) is 9.59 Å². The maximum Gasteiger partial charge on any atom is 0.217 e. The van der Waals surface area contributed by atoms with Crippen molar-refractivity contribution in [1.29, 1.82) is 0 Å². The summed E-state index contributed by atoms with van der Waals surface area (Å²) in [7, 11) is 0. The van der Waals surface area contributed by atoms with Crippen LogP contribution in [0.4, 0.5) is 5.69 Å². The van der Waals surface area contributed by atoms with E-state index < -0.39 is 4.83 Å². The average Bonchev–Trinajstić information content (AvgIpc) is 2.67. The predicted octanol–water partition coefficient (Wildman–Crippen LogP) is 5.38. The smallest absolute Gasteiger partial charge is 0.217 e. The molecule has 0 aliphatic heterocycles. The van der Waals surface area contributed by atoms with Gasteiger partial charge in [0, 0.05) is 10.8 Å².